The molecule has 1 aromatic heterocycles. The van der Waals surface area contributed by atoms with Crippen LogP contribution in [-0.4, -0.2) is 17.4 Å². The molecule has 0 spiro atoms. The number of nitrogens with one attached hydrogen (secondary N) is 1. The number of carbonyl (C=O) groups is 1. The Hall–Kier alpha value is -1.33. The van der Waals surface area contributed by atoms with Gasteiger partial charge in [-0.1, -0.05) is 18.6 Å². The van der Waals surface area contributed by atoms with Crippen molar-refractivity contribution in [3.05, 3.63) is 45.9 Å². The van der Waals surface area contributed by atoms with Gasteiger partial charge < -0.3 is 5.32 Å². The van der Waals surface area contributed by atoms with Gasteiger partial charge in [0, 0.05) is 22.6 Å². The summed E-state index contributed by atoms with van der Waals surface area (Å²) in [7, 11) is 0. The van der Waals surface area contributed by atoms with Crippen molar-refractivity contribution in [2.45, 2.75) is 49.7 Å². The quantitative estimate of drug-likeness (QED) is 0.657. The molecule has 2 aliphatic carbocycles. The molecule has 4 rings (SSSR count). The summed E-state index contributed by atoms with van der Waals surface area (Å²) in [4.78, 5) is 18.2. The van der Waals surface area contributed by atoms with E-state index in [4.69, 9.17) is 0 Å². The summed E-state index contributed by atoms with van der Waals surface area (Å²) >= 11 is 3.37. The monoisotopic (exact) mass is 386 g/mol. The van der Waals surface area contributed by atoms with Crippen molar-refractivity contribution in [1.29, 1.82) is 0 Å². The fourth-order valence-electron chi connectivity index (χ4n) is 4.60. The molecule has 0 aliphatic heterocycles. The van der Waals surface area contributed by atoms with Crippen LogP contribution in [0.1, 0.15) is 53.2 Å². The van der Waals surface area contributed by atoms with E-state index in [-0.39, 0.29) is 5.91 Å². The minimum atomic E-state index is 0.0608. The largest absolute Gasteiger partial charge is 0.352 e. The zero-order valence-corrected chi connectivity index (χ0v) is 16.9. The smallest absolute Gasteiger partial charge is 0.252 e. The predicted octanol–water partition coefficient (Wildman–Crippen LogP) is 5.30. The maximum Gasteiger partial charge on any atom is 0.252 e. The molecule has 1 amide bonds. The molecule has 3 nitrogen and oxygen atoms in total. The lowest BCUT2D eigenvalue weighted by Crippen LogP contribution is -2.27. The van der Waals surface area contributed by atoms with Crippen LogP contribution in [0.3, 0.4) is 0 Å². The van der Waals surface area contributed by atoms with Crippen LogP contribution in [0.25, 0.3) is 0 Å². The normalized spacial score (nSPS) is 24.1. The van der Waals surface area contributed by atoms with Crippen LogP contribution in [0.5, 0.6) is 0 Å². The number of fused-ring (bicyclic) bond motifs is 2. The number of hydrogen-bond acceptors (Lipinski definition) is 4. The number of aromatic nitrogens is 1. The number of rotatable bonds is 7. The number of benzene rings is 1. The molecule has 1 aromatic carbocycles. The molecule has 0 radical (unpaired) electrons. The van der Waals surface area contributed by atoms with Crippen LogP contribution in [0.15, 0.2) is 34.5 Å². The minimum Gasteiger partial charge on any atom is -0.352 e. The molecule has 2 fully saturated rings. The average Bonchev–Trinajstić information content (AvgIpc) is 3.37. The molecule has 2 aliphatic rings. The molecule has 0 saturated heterocycles. The van der Waals surface area contributed by atoms with Crippen LogP contribution in [-0.2, 0) is 5.75 Å². The van der Waals surface area contributed by atoms with Crippen LogP contribution in [0.4, 0.5) is 0 Å². The van der Waals surface area contributed by atoms with Gasteiger partial charge in [-0.25, -0.2) is 4.98 Å². The van der Waals surface area contributed by atoms with Gasteiger partial charge in [-0.15, -0.1) is 23.1 Å². The Bertz CT molecular complexity index is 773. The molecule has 3 unspecified atom stereocenters. The second-order valence-corrected chi connectivity index (χ2v) is 9.70. The predicted molar refractivity (Wildman–Crippen MR) is 109 cm³/mol. The van der Waals surface area contributed by atoms with Gasteiger partial charge in [0.15, 0.2) is 0 Å². The van der Waals surface area contributed by atoms with Crippen LogP contribution in [0, 0.1) is 24.7 Å². The van der Waals surface area contributed by atoms with Crippen molar-refractivity contribution in [2.75, 3.05) is 6.54 Å². The summed E-state index contributed by atoms with van der Waals surface area (Å²) in [6, 6.07) is 7.92. The van der Waals surface area contributed by atoms with Crippen molar-refractivity contribution >= 4 is 29.0 Å². The second-order valence-electron chi connectivity index (χ2n) is 7.62. The number of thioether (sulfide) groups is 1. The third-order valence-corrected chi connectivity index (χ3v) is 7.79. The third kappa shape index (κ3) is 4.15. The van der Waals surface area contributed by atoms with E-state index in [0.717, 1.165) is 57.6 Å². The van der Waals surface area contributed by atoms with Gasteiger partial charge in [0.2, 0.25) is 0 Å². The molecule has 3 atom stereocenters. The summed E-state index contributed by atoms with van der Waals surface area (Å²) in [5, 5.41) is 6.35. The molecule has 1 heterocycles. The number of hydrogen-bond donors (Lipinski definition) is 1. The number of amides is 1. The fourth-order valence-corrected chi connectivity index (χ4v) is 6.26. The maximum atomic E-state index is 12.7. The fraction of sp³-hybridized carbons (Fsp3) is 0.524. The van der Waals surface area contributed by atoms with Gasteiger partial charge in [-0.05, 0) is 62.5 Å². The first-order valence-electron chi connectivity index (χ1n) is 9.60. The second kappa shape index (κ2) is 8.13. The van der Waals surface area contributed by atoms with Crippen molar-refractivity contribution in [2.24, 2.45) is 17.8 Å². The van der Waals surface area contributed by atoms with Gasteiger partial charge in [0.1, 0.15) is 0 Å². The van der Waals surface area contributed by atoms with Gasteiger partial charge in [-0.3, -0.25) is 4.79 Å². The van der Waals surface area contributed by atoms with E-state index in [1.807, 2.05) is 31.2 Å². The van der Waals surface area contributed by atoms with Crippen molar-refractivity contribution in [3.8, 4) is 0 Å². The molecule has 2 bridgehead atoms. The van der Waals surface area contributed by atoms with Crippen molar-refractivity contribution < 1.29 is 4.79 Å². The van der Waals surface area contributed by atoms with Crippen molar-refractivity contribution in [1.82, 2.24) is 10.3 Å². The molecular weight excluding hydrogens is 360 g/mol. The van der Waals surface area contributed by atoms with E-state index in [1.54, 1.807) is 23.1 Å². The van der Waals surface area contributed by atoms with Crippen molar-refractivity contribution in [3.63, 3.8) is 0 Å². The minimum absolute atomic E-state index is 0.0608. The Morgan fingerprint density at radius 3 is 2.92 bits per heavy atom. The van der Waals surface area contributed by atoms with Crippen LogP contribution < -0.4 is 5.32 Å². The SMILES string of the molecule is Cc1nc(CSc2ccccc2C(=O)NCCC2CC3CCC2C3)cs1. The van der Waals surface area contributed by atoms with Gasteiger partial charge in [-0.2, -0.15) is 0 Å². The zero-order chi connectivity index (χ0) is 17.9. The Kier molecular flexibility index (Phi) is 5.65. The lowest BCUT2D eigenvalue weighted by atomic mass is 9.86. The van der Waals surface area contributed by atoms with E-state index >= 15 is 0 Å². The van der Waals surface area contributed by atoms with Crippen LogP contribution >= 0.6 is 23.1 Å². The van der Waals surface area contributed by atoms with E-state index < -0.39 is 0 Å². The first kappa shape index (κ1) is 18.1. The first-order chi connectivity index (χ1) is 12.7. The Balaban J connectivity index is 1.30. The number of carbonyl (C=O) groups excluding carboxylic acids is 1. The molecule has 2 aromatic rings. The Morgan fingerprint density at radius 2 is 2.19 bits per heavy atom. The van der Waals surface area contributed by atoms with Crippen LogP contribution in [0.2, 0.25) is 0 Å². The number of thiazole rings is 1. The molecule has 1 N–H and O–H groups in total. The van der Waals surface area contributed by atoms with E-state index in [2.05, 4.69) is 15.7 Å². The van der Waals surface area contributed by atoms with E-state index in [0.29, 0.717) is 0 Å². The molecule has 26 heavy (non-hydrogen) atoms. The van der Waals surface area contributed by atoms with E-state index in [1.165, 1.54) is 25.7 Å². The molecule has 2 saturated carbocycles. The molecular formula is C21H26N2OS2. The highest BCUT2D eigenvalue weighted by Gasteiger charge is 2.38. The highest BCUT2D eigenvalue weighted by Crippen LogP contribution is 2.49. The molecule has 5 heteroatoms. The average molecular weight is 387 g/mol. The lowest BCUT2D eigenvalue weighted by molar-refractivity contribution is 0.0947. The number of nitrogens with zero attached hydrogens (tertiary/aromatic N) is 1. The Morgan fingerprint density at radius 1 is 1.31 bits per heavy atom. The van der Waals surface area contributed by atoms with Gasteiger partial charge in [0.25, 0.3) is 5.91 Å². The number of aryl methyl sites for hydroxylation is 1. The summed E-state index contributed by atoms with van der Waals surface area (Å²) in [5.41, 5.74) is 1.88. The summed E-state index contributed by atoms with van der Waals surface area (Å²) in [6.07, 6.45) is 6.82. The summed E-state index contributed by atoms with van der Waals surface area (Å²) in [5.74, 6) is 3.62. The topological polar surface area (TPSA) is 42.0 Å². The highest BCUT2D eigenvalue weighted by atomic mass is 32.2. The standard InChI is InChI=1S/C21H26N2OS2/c1-14-23-18(12-25-14)13-26-20-5-3-2-4-19(20)21(24)22-9-8-17-11-15-6-7-16(17)10-15/h2-5,12,15-17H,6-11,13H2,1H3,(H,22,24). The van der Waals surface area contributed by atoms with Gasteiger partial charge in [0.05, 0.1) is 16.3 Å². The summed E-state index contributed by atoms with van der Waals surface area (Å²) in [6.45, 7) is 2.83. The first-order valence-corrected chi connectivity index (χ1v) is 11.5. The van der Waals surface area contributed by atoms with E-state index in [9.17, 15) is 4.79 Å². The highest BCUT2D eigenvalue weighted by molar-refractivity contribution is 7.98. The maximum absolute atomic E-state index is 12.7. The van der Waals surface area contributed by atoms with Gasteiger partial charge >= 0.3 is 0 Å². The lowest BCUT2D eigenvalue weighted by Gasteiger charge is -2.21. The zero-order valence-electron chi connectivity index (χ0n) is 15.2. The molecule has 138 valence electrons. The summed E-state index contributed by atoms with van der Waals surface area (Å²) < 4.78 is 0. The Labute approximate surface area is 164 Å². The third-order valence-electron chi connectivity index (χ3n) is 5.86.